The number of nitrogen functional groups attached to an aromatic ring is 1. The normalized spacial score (nSPS) is 10.1. The third kappa shape index (κ3) is 2.35. The Hall–Kier alpha value is -1.52. The first-order chi connectivity index (χ1) is 7.66. The largest absolute Gasteiger partial charge is 0.397 e. The van der Waals surface area contributed by atoms with Crippen LogP contribution in [-0.4, -0.2) is 5.91 Å². The molecule has 1 aromatic heterocycles. The summed E-state index contributed by atoms with van der Waals surface area (Å²) in [5.41, 5.74) is 7.38. The number of thiophene rings is 1. The summed E-state index contributed by atoms with van der Waals surface area (Å²) in [6.45, 7) is 0. The van der Waals surface area contributed by atoms with E-state index in [2.05, 4.69) is 5.32 Å². The van der Waals surface area contributed by atoms with Crippen molar-refractivity contribution in [1.29, 1.82) is 0 Å². The molecule has 0 bridgehead atoms. The molecule has 0 radical (unpaired) electrons. The number of nitrogens with two attached hydrogens (primary N) is 1. The predicted molar refractivity (Wildman–Crippen MR) is 68.1 cm³/mol. The molecule has 3 N–H and O–H groups in total. The maximum atomic E-state index is 11.7. The second-order valence-corrected chi connectivity index (χ2v) is 4.41. The first kappa shape index (κ1) is 11.0. The summed E-state index contributed by atoms with van der Waals surface area (Å²) in [7, 11) is 0. The van der Waals surface area contributed by atoms with Gasteiger partial charge in [0.2, 0.25) is 0 Å². The Morgan fingerprint density at radius 1 is 1.38 bits per heavy atom. The number of nitrogens with one attached hydrogen (secondary N) is 1. The summed E-state index contributed by atoms with van der Waals surface area (Å²) in [4.78, 5) is 11.7. The number of carbonyl (C=O) groups excluding carboxylic acids is 1. The van der Waals surface area contributed by atoms with Gasteiger partial charge in [-0.3, -0.25) is 4.79 Å². The molecular weight excluding hydrogens is 244 g/mol. The molecule has 3 nitrogen and oxygen atoms in total. The van der Waals surface area contributed by atoms with Gasteiger partial charge in [-0.05, 0) is 29.6 Å². The van der Waals surface area contributed by atoms with E-state index in [4.69, 9.17) is 17.3 Å². The molecule has 0 fully saturated rings. The zero-order valence-electron chi connectivity index (χ0n) is 8.24. The lowest BCUT2D eigenvalue weighted by Gasteiger charge is -2.07. The van der Waals surface area contributed by atoms with Gasteiger partial charge in [0.25, 0.3) is 5.91 Å². The average Bonchev–Trinajstić information content (AvgIpc) is 2.75. The standard InChI is InChI=1S/C11H9ClN2OS/c12-8-1-2-10(9(13)5-8)14-11(15)7-3-4-16-6-7/h1-6H,13H2,(H,14,15). The molecule has 5 heteroatoms. The van der Waals surface area contributed by atoms with Crippen molar-refractivity contribution in [3.05, 3.63) is 45.6 Å². The molecule has 82 valence electrons. The summed E-state index contributed by atoms with van der Waals surface area (Å²) in [5.74, 6) is -0.171. The third-order valence-electron chi connectivity index (χ3n) is 2.05. The Labute approximate surface area is 102 Å². The van der Waals surface area contributed by atoms with Crippen LogP contribution < -0.4 is 11.1 Å². The quantitative estimate of drug-likeness (QED) is 0.807. The van der Waals surface area contributed by atoms with E-state index in [-0.39, 0.29) is 5.91 Å². The molecule has 0 aliphatic heterocycles. The molecule has 0 saturated heterocycles. The molecule has 0 aliphatic rings. The Morgan fingerprint density at radius 3 is 2.81 bits per heavy atom. The molecule has 0 atom stereocenters. The van der Waals surface area contributed by atoms with Crippen molar-refractivity contribution >= 4 is 40.2 Å². The highest BCUT2D eigenvalue weighted by Crippen LogP contribution is 2.23. The number of halogens is 1. The number of hydrogen-bond donors (Lipinski definition) is 2. The second-order valence-electron chi connectivity index (χ2n) is 3.20. The first-order valence-corrected chi connectivity index (χ1v) is 5.87. The Kier molecular flexibility index (Phi) is 3.12. The van der Waals surface area contributed by atoms with Crippen LogP contribution in [0.5, 0.6) is 0 Å². The molecular formula is C11H9ClN2OS. The number of amides is 1. The fourth-order valence-electron chi connectivity index (χ4n) is 1.24. The minimum atomic E-state index is -0.171. The Balaban J connectivity index is 2.18. The van der Waals surface area contributed by atoms with Gasteiger partial charge < -0.3 is 11.1 Å². The SMILES string of the molecule is Nc1cc(Cl)ccc1NC(=O)c1ccsc1. The smallest absolute Gasteiger partial charge is 0.256 e. The molecule has 2 rings (SSSR count). The van der Waals surface area contributed by atoms with Crippen molar-refractivity contribution in [1.82, 2.24) is 0 Å². The van der Waals surface area contributed by atoms with E-state index < -0.39 is 0 Å². The molecule has 2 aromatic rings. The van der Waals surface area contributed by atoms with E-state index in [1.807, 2.05) is 5.38 Å². The van der Waals surface area contributed by atoms with E-state index in [0.29, 0.717) is 22.0 Å². The third-order valence-corrected chi connectivity index (χ3v) is 2.96. The van der Waals surface area contributed by atoms with Crippen LogP contribution in [0.3, 0.4) is 0 Å². The maximum absolute atomic E-state index is 11.7. The van der Waals surface area contributed by atoms with Gasteiger partial charge >= 0.3 is 0 Å². The topological polar surface area (TPSA) is 55.1 Å². The number of benzene rings is 1. The Bertz CT molecular complexity index is 511. The number of hydrogen-bond acceptors (Lipinski definition) is 3. The van der Waals surface area contributed by atoms with Gasteiger partial charge in [-0.15, -0.1) is 0 Å². The lowest BCUT2D eigenvalue weighted by Crippen LogP contribution is -2.12. The van der Waals surface area contributed by atoms with Crippen LogP contribution in [0, 0.1) is 0 Å². The molecule has 0 spiro atoms. The highest BCUT2D eigenvalue weighted by Gasteiger charge is 2.08. The number of carbonyl (C=O) groups is 1. The molecule has 0 unspecified atom stereocenters. The second kappa shape index (κ2) is 4.55. The zero-order valence-corrected chi connectivity index (χ0v) is 9.81. The minimum absolute atomic E-state index is 0.171. The van der Waals surface area contributed by atoms with Gasteiger partial charge in [0, 0.05) is 10.4 Å². The van der Waals surface area contributed by atoms with Crippen LogP contribution in [0.1, 0.15) is 10.4 Å². The van der Waals surface area contributed by atoms with Crippen molar-refractivity contribution in [3.8, 4) is 0 Å². The number of anilines is 2. The van der Waals surface area contributed by atoms with Crippen LogP contribution in [-0.2, 0) is 0 Å². The van der Waals surface area contributed by atoms with Crippen LogP contribution in [0.4, 0.5) is 11.4 Å². The molecule has 1 amide bonds. The van der Waals surface area contributed by atoms with Crippen LogP contribution >= 0.6 is 22.9 Å². The van der Waals surface area contributed by atoms with Gasteiger partial charge in [0.05, 0.1) is 16.9 Å². The fourth-order valence-corrected chi connectivity index (χ4v) is 2.05. The van der Waals surface area contributed by atoms with Crippen LogP contribution in [0.2, 0.25) is 5.02 Å². The minimum Gasteiger partial charge on any atom is -0.397 e. The summed E-state index contributed by atoms with van der Waals surface area (Å²) in [6.07, 6.45) is 0. The van der Waals surface area contributed by atoms with Gasteiger partial charge in [0.15, 0.2) is 0 Å². The molecule has 1 aromatic carbocycles. The molecule has 16 heavy (non-hydrogen) atoms. The van der Waals surface area contributed by atoms with E-state index >= 15 is 0 Å². The summed E-state index contributed by atoms with van der Waals surface area (Å²) in [5, 5.41) is 6.90. The Morgan fingerprint density at radius 2 is 2.19 bits per heavy atom. The van der Waals surface area contributed by atoms with E-state index in [0.717, 1.165) is 0 Å². The lowest BCUT2D eigenvalue weighted by molar-refractivity contribution is 0.102. The summed E-state index contributed by atoms with van der Waals surface area (Å²) < 4.78 is 0. The van der Waals surface area contributed by atoms with E-state index in [9.17, 15) is 4.79 Å². The van der Waals surface area contributed by atoms with Crippen LogP contribution in [0.15, 0.2) is 35.0 Å². The van der Waals surface area contributed by atoms with E-state index in [1.165, 1.54) is 11.3 Å². The maximum Gasteiger partial charge on any atom is 0.256 e. The molecule has 0 aliphatic carbocycles. The molecule has 0 saturated carbocycles. The highest BCUT2D eigenvalue weighted by molar-refractivity contribution is 7.08. The summed E-state index contributed by atoms with van der Waals surface area (Å²) in [6, 6.07) is 6.72. The van der Waals surface area contributed by atoms with Gasteiger partial charge in [-0.2, -0.15) is 11.3 Å². The van der Waals surface area contributed by atoms with Crippen LogP contribution in [0.25, 0.3) is 0 Å². The van der Waals surface area contributed by atoms with Gasteiger partial charge in [-0.1, -0.05) is 11.6 Å². The van der Waals surface area contributed by atoms with Crippen molar-refractivity contribution in [3.63, 3.8) is 0 Å². The van der Waals surface area contributed by atoms with Gasteiger partial charge in [-0.25, -0.2) is 0 Å². The average molecular weight is 253 g/mol. The predicted octanol–water partition coefficient (Wildman–Crippen LogP) is 3.24. The zero-order chi connectivity index (χ0) is 11.5. The van der Waals surface area contributed by atoms with Crippen molar-refractivity contribution < 1.29 is 4.79 Å². The lowest BCUT2D eigenvalue weighted by atomic mass is 10.2. The van der Waals surface area contributed by atoms with Crippen molar-refractivity contribution in [2.45, 2.75) is 0 Å². The monoisotopic (exact) mass is 252 g/mol. The van der Waals surface area contributed by atoms with Crippen molar-refractivity contribution in [2.24, 2.45) is 0 Å². The highest BCUT2D eigenvalue weighted by atomic mass is 35.5. The van der Waals surface area contributed by atoms with Crippen molar-refractivity contribution in [2.75, 3.05) is 11.1 Å². The van der Waals surface area contributed by atoms with Gasteiger partial charge in [0.1, 0.15) is 0 Å². The number of rotatable bonds is 2. The fraction of sp³-hybridized carbons (Fsp3) is 0. The van der Waals surface area contributed by atoms with E-state index in [1.54, 1.807) is 29.6 Å². The summed E-state index contributed by atoms with van der Waals surface area (Å²) >= 11 is 7.23. The molecule has 1 heterocycles. The first-order valence-electron chi connectivity index (χ1n) is 4.55.